The molecule has 0 amide bonds. The van der Waals surface area contributed by atoms with Crippen molar-refractivity contribution in [2.45, 2.75) is 57.9 Å². The predicted octanol–water partition coefficient (Wildman–Crippen LogP) is 4.42. The fourth-order valence-electron chi connectivity index (χ4n) is 2.83. The number of hydrogen-bond donors (Lipinski definition) is 1. The highest BCUT2D eigenvalue weighted by Crippen LogP contribution is 2.31. The van der Waals surface area contributed by atoms with Crippen LogP contribution in [0.1, 0.15) is 61.4 Å². The molecule has 0 aliphatic heterocycles. The first kappa shape index (κ1) is 12.1. The molecule has 2 heteroatoms. The standard InChI is InChI=1S/C14H23NS/c1-11-13(9-10-16-11)14(15)8-7-12-5-3-2-4-6-12/h9-10,12,14H,2-8,15H2,1H3. The van der Waals surface area contributed by atoms with E-state index in [9.17, 15) is 0 Å². The SMILES string of the molecule is Cc1sccc1C(N)CCC1CCCCC1. The lowest BCUT2D eigenvalue weighted by Gasteiger charge is -2.23. The second-order valence-electron chi connectivity index (χ2n) is 5.12. The molecule has 0 aromatic carbocycles. The molecule has 1 atom stereocenters. The molecular weight excluding hydrogens is 214 g/mol. The summed E-state index contributed by atoms with van der Waals surface area (Å²) >= 11 is 1.81. The Morgan fingerprint density at radius 3 is 2.75 bits per heavy atom. The van der Waals surface area contributed by atoms with Crippen LogP contribution < -0.4 is 5.73 Å². The molecule has 2 rings (SSSR count). The largest absolute Gasteiger partial charge is 0.324 e. The van der Waals surface area contributed by atoms with Crippen molar-refractivity contribution in [1.82, 2.24) is 0 Å². The van der Waals surface area contributed by atoms with Crippen molar-refractivity contribution in [2.75, 3.05) is 0 Å². The molecule has 1 aromatic rings. The third kappa shape index (κ3) is 3.08. The average Bonchev–Trinajstić information content (AvgIpc) is 2.74. The van der Waals surface area contributed by atoms with Crippen LogP contribution in [0.25, 0.3) is 0 Å². The van der Waals surface area contributed by atoms with Gasteiger partial charge >= 0.3 is 0 Å². The zero-order valence-electron chi connectivity index (χ0n) is 10.2. The molecular formula is C14H23NS. The molecule has 1 saturated carbocycles. The highest BCUT2D eigenvalue weighted by Gasteiger charge is 2.16. The number of hydrogen-bond acceptors (Lipinski definition) is 2. The fourth-order valence-corrected chi connectivity index (χ4v) is 3.60. The summed E-state index contributed by atoms with van der Waals surface area (Å²) in [5.74, 6) is 0.957. The zero-order chi connectivity index (χ0) is 11.4. The van der Waals surface area contributed by atoms with Gasteiger partial charge in [-0.25, -0.2) is 0 Å². The van der Waals surface area contributed by atoms with E-state index in [4.69, 9.17) is 5.73 Å². The Balaban J connectivity index is 1.79. The minimum Gasteiger partial charge on any atom is -0.324 e. The molecule has 1 heterocycles. The van der Waals surface area contributed by atoms with Gasteiger partial charge in [0.05, 0.1) is 0 Å². The fraction of sp³-hybridized carbons (Fsp3) is 0.714. The minimum atomic E-state index is 0.271. The molecule has 1 fully saturated rings. The van der Waals surface area contributed by atoms with Crippen LogP contribution in [0.3, 0.4) is 0 Å². The molecule has 0 spiro atoms. The Bertz CT molecular complexity index is 312. The van der Waals surface area contributed by atoms with E-state index >= 15 is 0 Å². The van der Waals surface area contributed by atoms with Crippen molar-refractivity contribution in [3.8, 4) is 0 Å². The van der Waals surface area contributed by atoms with Gasteiger partial charge in [0.15, 0.2) is 0 Å². The van der Waals surface area contributed by atoms with Crippen LogP contribution in [0, 0.1) is 12.8 Å². The van der Waals surface area contributed by atoms with Crippen molar-refractivity contribution in [2.24, 2.45) is 11.7 Å². The summed E-state index contributed by atoms with van der Waals surface area (Å²) in [6.07, 6.45) is 9.71. The predicted molar refractivity (Wildman–Crippen MR) is 71.8 cm³/mol. The highest BCUT2D eigenvalue weighted by atomic mass is 32.1. The van der Waals surface area contributed by atoms with E-state index in [-0.39, 0.29) is 6.04 Å². The van der Waals surface area contributed by atoms with Crippen molar-refractivity contribution in [1.29, 1.82) is 0 Å². The topological polar surface area (TPSA) is 26.0 Å². The Morgan fingerprint density at radius 1 is 1.38 bits per heavy atom. The minimum absolute atomic E-state index is 0.271. The lowest BCUT2D eigenvalue weighted by atomic mass is 9.84. The van der Waals surface area contributed by atoms with Gasteiger partial charge < -0.3 is 5.73 Å². The molecule has 0 radical (unpaired) electrons. The molecule has 16 heavy (non-hydrogen) atoms. The van der Waals surface area contributed by atoms with Gasteiger partial charge in [0.25, 0.3) is 0 Å². The second-order valence-corrected chi connectivity index (χ2v) is 6.24. The summed E-state index contributed by atoms with van der Waals surface area (Å²) in [5, 5.41) is 2.16. The first-order valence-electron chi connectivity index (χ1n) is 6.57. The van der Waals surface area contributed by atoms with Crippen molar-refractivity contribution >= 4 is 11.3 Å². The Kier molecular flexibility index (Phi) is 4.42. The molecule has 90 valence electrons. The first-order valence-corrected chi connectivity index (χ1v) is 7.45. The molecule has 1 unspecified atom stereocenters. The van der Waals surface area contributed by atoms with E-state index < -0.39 is 0 Å². The van der Waals surface area contributed by atoms with Gasteiger partial charge in [-0.15, -0.1) is 11.3 Å². The molecule has 1 aromatic heterocycles. The van der Waals surface area contributed by atoms with Crippen LogP contribution in [-0.4, -0.2) is 0 Å². The van der Waals surface area contributed by atoms with E-state index in [0.717, 1.165) is 5.92 Å². The van der Waals surface area contributed by atoms with Gasteiger partial charge in [-0.2, -0.15) is 0 Å². The summed E-state index contributed by atoms with van der Waals surface area (Å²) < 4.78 is 0. The molecule has 1 nitrogen and oxygen atoms in total. The lowest BCUT2D eigenvalue weighted by molar-refractivity contribution is 0.324. The number of rotatable bonds is 4. The Hall–Kier alpha value is -0.340. The smallest absolute Gasteiger partial charge is 0.0305 e. The molecule has 1 aliphatic rings. The lowest BCUT2D eigenvalue weighted by Crippen LogP contribution is -2.14. The van der Waals surface area contributed by atoms with E-state index in [1.54, 1.807) is 0 Å². The summed E-state index contributed by atoms with van der Waals surface area (Å²) in [4.78, 5) is 1.40. The Labute approximate surface area is 103 Å². The normalized spacial score (nSPS) is 19.9. The summed E-state index contributed by atoms with van der Waals surface area (Å²) in [6, 6.07) is 2.47. The van der Waals surface area contributed by atoms with Crippen LogP contribution in [0.15, 0.2) is 11.4 Å². The maximum Gasteiger partial charge on any atom is 0.0305 e. The molecule has 2 N–H and O–H groups in total. The zero-order valence-corrected chi connectivity index (χ0v) is 11.1. The number of thiophene rings is 1. The summed E-state index contributed by atoms with van der Waals surface area (Å²) in [6.45, 7) is 2.18. The van der Waals surface area contributed by atoms with Crippen LogP contribution in [0.2, 0.25) is 0 Å². The molecule has 0 bridgehead atoms. The van der Waals surface area contributed by atoms with E-state index in [0.29, 0.717) is 0 Å². The quantitative estimate of drug-likeness (QED) is 0.824. The van der Waals surface area contributed by atoms with Crippen LogP contribution in [-0.2, 0) is 0 Å². The Morgan fingerprint density at radius 2 is 2.12 bits per heavy atom. The van der Waals surface area contributed by atoms with Crippen molar-refractivity contribution in [3.63, 3.8) is 0 Å². The van der Waals surface area contributed by atoms with Gasteiger partial charge in [0.1, 0.15) is 0 Å². The van der Waals surface area contributed by atoms with Crippen molar-refractivity contribution < 1.29 is 0 Å². The third-order valence-corrected chi connectivity index (χ3v) is 4.77. The van der Waals surface area contributed by atoms with Gasteiger partial charge in [-0.3, -0.25) is 0 Å². The third-order valence-electron chi connectivity index (χ3n) is 3.91. The van der Waals surface area contributed by atoms with E-state index in [1.807, 2.05) is 11.3 Å². The first-order chi connectivity index (χ1) is 7.77. The number of aryl methyl sites for hydroxylation is 1. The van der Waals surface area contributed by atoms with Crippen LogP contribution in [0.5, 0.6) is 0 Å². The summed E-state index contributed by atoms with van der Waals surface area (Å²) in [7, 11) is 0. The van der Waals surface area contributed by atoms with Gasteiger partial charge in [-0.05, 0) is 42.7 Å². The maximum absolute atomic E-state index is 6.26. The maximum atomic E-state index is 6.26. The van der Waals surface area contributed by atoms with Crippen LogP contribution in [0.4, 0.5) is 0 Å². The van der Waals surface area contributed by atoms with E-state index in [2.05, 4.69) is 18.4 Å². The number of nitrogens with two attached hydrogens (primary N) is 1. The van der Waals surface area contributed by atoms with Gasteiger partial charge in [-0.1, -0.05) is 32.1 Å². The molecule has 1 aliphatic carbocycles. The van der Waals surface area contributed by atoms with Crippen molar-refractivity contribution in [3.05, 3.63) is 21.9 Å². The second kappa shape index (κ2) is 5.83. The molecule has 0 saturated heterocycles. The summed E-state index contributed by atoms with van der Waals surface area (Å²) in [5.41, 5.74) is 7.64. The van der Waals surface area contributed by atoms with Gasteiger partial charge in [0.2, 0.25) is 0 Å². The highest BCUT2D eigenvalue weighted by molar-refractivity contribution is 7.10. The van der Waals surface area contributed by atoms with Crippen LogP contribution >= 0.6 is 11.3 Å². The average molecular weight is 237 g/mol. The van der Waals surface area contributed by atoms with Gasteiger partial charge in [0, 0.05) is 10.9 Å². The van der Waals surface area contributed by atoms with E-state index in [1.165, 1.54) is 55.4 Å². The monoisotopic (exact) mass is 237 g/mol.